The summed E-state index contributed by atoms with van der Waals surface area (Å²) >= 11 is 0. The molecule has 4 rings (SSSR count). The number of aryl methyl sites for hydroxylation is 1. The average Bonchev–Trinajstić information content (AvgIpc) is 3.00. The van der Waals surface area contributed by atoms with Gasteiger partial charge in [-0.3, -0.25) is 0 Å². The Morgan fingerprint density at radius 1 is 1.04 bits per heavy atom. The number of ether oxygens (including phenoxy) is 2. The molecule has 1 aromatic carbocycles. The third-order valence-electron chi connectivity index (χ3n) is 3.63. The van der Waals surface area contributed by atoms with Crippen LogP contribution in [0, 0.1) is 0 Å². The maximum atomic E-state index is 11.5. The number of phosphoric ester groups is 1. The monoisotopic (exact) mass is 340 g/mol. The Morgan fingerprint density at radius 3 is 2.35 bits per heavy atom. The summed E-state index contributed by atoms with van der Waals surface area (Å²) in [4.78, 5) is 0. The van der Waals surface area contributed by atoms with Crippen LogP contribution in [-0.4, -0.2) is 6.29 Å². The average molecular weight is 340 g/mol. The van der Waals surface area contributed by atoms with Crippen LogP contribution in [0.25, 0.3) is 0 Å². The summed E-state index contributed by atoms with van der Waals surface area (Å²) in [6, 6.07) is 7.87. The first-order valence-electron chi connectivity index (χ1n) is 7.97. The minimum atomic E-state index is -3.39. The molecule has 0 aliphatic carbocycles. The van der Waals surface area contributed by atoms with Crippen molar-refractivity contribution in [3.63, 3.8) is 0 Å². The molecule has 0 radical (unpaired) electrons. The van der Waals surface area contributed by atoms with Crippen molar-refractivity contribution >= 4 is 7.82 Å². The molecular formula is C16H21O6P. The van der Waals surface area contributed by atoms with Crippen LogP contribution < -0.4 is 4.74 Å². The van der Waals surface area contributed by atoms with E-state index in [9.17, 15) is 4.57 Å². The van der Waals surface area contributed by atoms with E-state index in [1.54, 1.807) is 0 Å². The smallest absolute Gasteiger partial charge is 0.455 e. The first kappa shape index (κ1) is 16.1. The van der Waals surface area contributed by atoms with Crippen LogP contribution >= 0.6 is 7.82 Å². The van der Waals surface area contributed by atoms with E-state index in [1.807, 2.05) is 24.3 Å². The van der Waals surface area contributed by atoms with Crippen LogP contribution in [0.1, 0.15) is 45.1 Å². The lowest BCUT2D eigenvalue weighted by Gasteiger charge is -2.19. The quantitative estimate of drug-likeness (QED) is 0.363. The minimum Gasteiger partial charge on any atom is -0.455 e. The van der Waals surface area contributed by atoms with Gasteiger partial charge in [0, 0.05) is 6.42 Å². The maximum Gasteiger partial charge on any atom is 0.654 e. The van der Waals surface area contributed by atoms with E-state index in [0.29, 0.717) is 12.2 Å². The van der Waals surface area contributed by atoms with E-state index in [0.717, 1.165) is 25.7 Å². The van der Waals surface area contributed by atoms with Crippen LogP contribution in [-0.2, 0) is 29.3 Å². The Bertz CT molecular complexity index is 612. The van der Waals surface area contributed by atoms with E-state index < -0.39 is 14.1 Å². The summed E-state index contributed by atoms with van der Waals surface area (Å²) in [6.45, 7) is 4.23. The first-order chi connectivity index (χ1) is 11.1. The molecule has 6 nitrogen and oxygen atoms in total. The van der Waals surface area contributed by atoms with Gasteiger partial charge in [-0.05, 0) is 30.5 Å². The lowest BCUT2D eigenvalue weighted by atomic mass is 10.2. The van der Waals surface area contributed by atoms with Crippen molar-refractivity contribution < 1.29 is 27.6 Å². The number of benzene rings is 1. The Morgan fingerprint density at radius 2 is 1.78 bits per heavy atom. The van der Waals surface area contributed by atoms with Crippen molar-refractivity contribution in [3.8, 4) is 5.75 Å². The van der Waals surface area contributed by atoms with Crippen molar-refractivity contribution in [1.82, 2.24) is 0 Å². The molecule has 0 spiro atoms. The van der Waals surface area contributed by atoms with Gasteiger partial charge in [0.2, 0.25) is 6.29 Å². The van der Waals surface area contributed by atoms with Crippen LogP contribution in [0.2, 0.25) is 0 Å². The molecule has 2 bridgehead atoms. The van der Waals surface area contributed by atoms with Gasteiger partial charge in [-0.1, -0.05) is 38.8 Å². The molecule has 3 heterocycles. The van der Waals surface area contributed by atoms with Crippen molar-refractivity contribution in [3.05, 3.63) is 41.7 Å². The highest BCUT2D eigenvalue weighted by atomic mass is 31.2. The van der Waals surface area contributed by atoms with Gasteiger partial charge in [-0.2, -0.15) is 4.57 Å². The van der Waals surface area contributed by atoms with Gasteiger partial charge >= 0.3 is 19.7 Å². The largest absolute Gasteiger partial charge is 0.654 e. The normalized spacial score (nSPS) is 18.3. The van der Waals surface area contributed by atoms with Crippen molar-refractivity contribution in [2.45, 2.75) is 52.2 Å². The molecule has 1 atom stereocenters. The van der Waals surface area contributed by atoms with E-state index >= 15 is 0 Å². The van der Waals surface area contributed by atoms with E-state index in [4.69, 9.17) is 23.0 Å². The van der Waals surface area contributed by atoms with E-state index in [2.05, 4.69) is 13.8 Å². The summed E-state index contributed by atoms with van der Waals surface area (Å²) in [5.74, 6) is 0.770. The van der Waals surface area contributed by atoms with Crippen LogP contribution in [0.4, 0.5) is 0 Å². The second kappa shape index (κ2) is 6.75. The van der Waals surface area contributed by atoms with Crippen LogP contribution in [0.15, 0.2) is 36.2 Å². The standard InChI is InChI=1S/C16H21O6P/c1-3-5-6-7-14(18-13-10-8-12(4-2)9-11-13)19-15-16-21-23(17,20-15)22-16/h8-11,14H,3-7H2,1-2H3. The summed E-state index contributed by atoms with van der Waals surface area (Å²) in [6.07, 6.45) is 4.25. The number of hydrogen-bond acceptors (Lipinski definition) is 6. The van der Waals surface area contributed by atoms with Gasteiger partial charge in [0.15, 0.2) is 0 Å². The van der Waals surface area contributed by atoms with Crippen molar-refractivity contribution in [2.24, 2.45) is 0 Å². The van der Waals surface area contributed by atoms with E-state index in [-0.39, 0.29) is 11.9 Å². The van der Waals surface area contributed by atoms with Gasteiger partial charge < -0.3 is 23.0 Å². The molecule has 126 valence electrons. The molecule has 1 saturated heterocycles. The van der Waals surface area contributed by atoms with Crippen LogP contribution in [0.3, 0.4) is 0 Å². The fraction of sp³-hybridized carbons (Fsp3) is 0.500. The topological polar surface area (TPSA) is 63.2 Å². The molecule has 0 aromatic heterocycles. The summed E-state index contributed by atoms with van der Waals surface area (Å²) in [5, 5.41) is 0. The molecule has 23 heavy (non-hydrogen) atoms. The lowest BCUT2D eigenvalue weighted by Crippen LogP contribution is -2.20. The predicted molar refractivity (Wildman–Crippen MR) is 83.4 cm³/mol. The van der Waals surface area contributed by atoms with Gasteiger partial charge in [0.1, 0.15) is 5.75 Å². The summed E-state index contributed by atoms with van der Waals surface area (Å²) in [5.41, 5.74) is 1.24. The highest BCUT2D eigenvalue weighted by Gasteiger charge is 2.58. The number of phosphoric acid groups is 1. The molecule has 1 fully saturated rings. The zero-order chi connectivity index (χ0) is 16.3. The zero-order valence-corrected chi connectivity index (χ0v) is 14.2. The Balaban J connectivity index is 1.62. The lowest BCUT2D eigenvalue weighted by molar-refractivity contribution is -0.0803. The fourth-order valence-corrected chi connectivity index (χ4v) is 3.27. The molecule has 3 aliphatic heterocycles. The van der Waals surface area contributed by atoms with Crippen molar-refractivity contribution in [1.29, 1.82) is 0 Å². The number of unbranched alkanes of at least 4 members (excludes halogenated alkanes) is 2. The third-order valence-corrected chi connectivity index (χ3v) is 4.80. The maximum absolute atomic E-state index is 11.5. The highest BCUT2D eigenvalue weighted by molar-refractivity contribution is 7.50. The van der Waals surface area contributed by atoms with Gasteiger partial charge in [0.05, 0.1) is 0 Å². The molecular weight excluding hydrogens is 319 g/mol. The van der Waals surface area contributed by atoms with E-state index in [1.165, 1.54) is 5.56 Å². The minimum absolute atomic E-state index is 0.0139. The first-order valence-corrected chi connectivity index (χ1v) is 9.43. The van der Waals surface area contributed by atoms with Crippen molar-refractivity contribution in [2.75, 3.05) is 0 Å². The molecule has 3 aliphatic rings. The third kappa shape index (κ3) is 3.75. The van der Waals surface area contributed by atoms with Gasteiger partial charge in [0.25, 0.3) is 0 Å². The Hall–Kier alpha value is -1.81. The van der Waals surface area contributed by atoms with Gasteiger partial charge in [-0.15, -0.1) is 0 Å². The zero-order valence-electron chi connectivity index (χ0n) is 13.3. The predicted octanol–water partition coefficient (Wildman–Crippen LogP) is 4.86. The number of rotatable bonds is 9. The molecule has 0 N–H and O–H groups in total. The number of fused-ring (bicyclic) bond motifs is 1. The van der Waals surface area contributed by atoms with Crippen LogP contribution in [0.5, 0.6) is 5.75 Å². The highest BCUT2D eigenvalue weighted by Crippen LogP contribution is 2.70. The molecule has 7 heteroatoms. The molecule has 0 saturated carbocycles. The SMILES string of the molecule is CCCCCC(OC1=C2OP(=O)(O1)O2)Oc1ccc(CC)cc1. The Kier molecular flexibility index (Phi) is 4.71. The van der Waals surface area contributed by atoms with Gasteiger partial charge in [-0.25, -0.2) is 0 Å². The number of hydrogen-bond donors (Lipinski definition) is 0. The molecule has 0 amide bonds. The summed E-state index contributed by atoms with van der Waals surface area (Å²) in [7, 11) is -3.39. The second-order valence-corrected chi connectivity index (χ2v) is 6.90. The second-order valence-electron chi connectivity index (χ2n) is 5.45. The molecule has 1 unspecified atom stereocenters. The Labute approximate surface area is 135 Å². The fourth-order valence-electron chi connectivity index (χ4n) is 2.31. The molecule has 1 aromatic rings. The summed E-state index contributed by atoms with van der Waals surface area (Å²) < 4.78 is 37.8.